The van der Waals surface area contributed by atoms with E-state index in [1.807, 2.05) is 38.1 Å². The van der Waals surface area contributed by atoms with Gasteiger partial charge in [-0.3, -0.25) is 0 Å². The highest BCUT2D eigenvalue weighted by atomic mass is 32.1. The summed E-state index contributed by atoms with van der Waals surface area (Å²) in [6, 6.07) is 9.90. The van der Waals surface area contributed by atoms with Crippen LogP contribution in [0.3, 0.4) is 0 Å². The van der Waals surface area contributed by atoms with E-state index in [-0.39, 0.29) is 0 Å². The van der Waals surface area contributed by atoms with Crippen LogP contribution in [0.5, 0.6) is 5.75 Å². The first kappa shape index (κ1) is 12.5. The predicted octanol–water partition coefficient (Wildman–Crippen LogP) is 3.58. The predicted molar refractivity (Wildman–Crippen MR) is 74.8 cm³/mol. The van der Waals surface area contributed by atoms with Crippen molar-refractivity contribution in [3.05, 3.63) is 34.0 Å². The minimum absolute atomic E-state index is 0.573. The Balaban J connectivity index is 2.43. The largest absolute Gasteiger partial charge is 0.494 e. The van der Waals surface area contributed by atoms with Crippen molar-refractivity contribution in [2.24, 2.45) is 0 Å². The molecule has 0 radical (unpaired) electrons. The third kappa shape index (κ3) is 2.18. The normalized spacial score (nSPS) is 10.1. The summed E-state index contributed by atoms with van der Waals surface area (Å²) in [7, 11) is 0. The van der Waals surface area contributed by atoms with Gasteiger partial charge in [0.1, 0.15) is 16.7 Å². The molecule has 0 spiro atoms. The fourth-order valence-electron chi connectivity index (χ4n) is 1.89. The number of aryl methyl sites for hydroxylation is 1. The molecule has 0 aliphatic carbocycles. The van der Waals surface area contributed by atoms with Crippen LogP contribution in [-0.4, -0.2) is 6.61 Å². The highest BCUT2D eigenvalue weighted by Crippen LogP contribution is 2.38. The van der Waals surface area contributed by atoms with Crippen molar-refractivity contribution in [1.82, 2.24) is 0 Å². The third-order valence-electron chi connectivity index (χ3n) is 2.68. The molecular weight excluding hydrogens is 244 g/mol. The van der Waals surface area contributed by atoms with Crippen LogP contribution in [0.25, 0.3) is 11.1 Å². The number of nitrogens with two attached hydrogens (primary N) is 1. The first-order valence-electron chi connectivity index (χ1n) is 5.69. The van der Waals surface area contributed by atoms with Gasteiger partial charge in [0.15, 0.2) is 0 Å². The van der Waals surface area contributed by atoms with Gasteiger partial charge in [0.2, 0.25) is 0 Å². The first-order valence-corrected chi connectivity index (χ1v) is 6.51. The maximum absolute atomic E-state index is 8.98. The zero-order valence-electron chi connectivity index (χ0n) is 10.4. The topological polar surface area (TPSA) is 59.0 Å². The standard InChI is InChI=1S/C14H14N2OS/c1-3-17-11-6-4-10(5-7-11)13-9(2)18-12(8-15)14(13)16/h4-7H,3,16H2,1-2H3. The summed E-state index contributed by atoms with van der Waals surface area (Å²) in [6.45, 7) is 4.58. The van der Waals surface area contributed by atoms with Crippen LogP contribution < -0.4 is 10.5 Å². The van der Waals surface area contributed by atoms with Crippen LogP contribution >= 0.6 is 11.3 Å². The summed E-state index contributed by atoms with van der Waals surface area (Å²) in [4.78, 5) is 1.64. The second-order valence-electron chi connectivity index (χ2n) is 3.85. The van der Waals surface area contributed by atoms with Crippen LogP contribution in [0.4, 0.5) is 5.69 Å². The summed E-state index contributed by atoms with van der Waals surface area (Å²) in [5.74, 6) is 0.841. The average Bonchev–Trinajstić information content (AvgIpc) is 2.66. The van der Waals surface area contributed by atoms with Crippen molar-refractivity contribution in [3.8, 4) is 22.9 Å². The number of rotatable bonds is 3. The molecule has 1 heterocycles. The number of hydrogen-bond donors (Lipinski definition) is 1. The first-order chi connectivity index (χ1) is 8.67. The molecule has 0 aliphatic heterocycles. The lowest BCUT2D eigenvalue weighted by Gasteiger charge is -2.06. The summed E-state index contributed by atoms with van der Waals surface area (Å²) < 4.78 is 5.40. The lowest BCUT2D eigenvalue weighted by atomic mass is 10.0. The van der Waals surface area contributed by atoms with E-state index in [9.17, 15) is 0 Å². The maximum Gasteiger partial charge on any atom is 0.128 e. The number of ether oxygens (including phenoxy) is 1. The number of nitrogen functional groups attached to an aromatic ring is 1. The molecule has 0 amide bonds. The summed E-state index contributed by atoms with van der Waals surface area (Å²) in [5.41, 5.74) is 8.55. The number of nitriles is 1. The van der Waals surface area contributed by atoms with Gasteiger partial charge in [0.25, 0.3) is 0 Å². The summed E-state index contributed by atoms with van der Waals surface area (Å²) >= 11 is 1.43. The molecule has 2 N–H and O–H groups in total. The van der Waals surface area contributed by atoms with E-state index < -0.39 is 0 Å². The smallest absolute Gasteiger partial charge is 0.128 e. The van der Waals surface area contributed by atoms with E-state index in [1.54, 1.807) is 0 Å². The van der Waals surface area contributed by atoms with E-state index in [0.717, 1.165) is 21.8 Å². The molecule has 3 nitrogen and oxygen atoms in total. The highest BCUT2D eigenvalue weighted by Gasteiger charge is 2.14. The van der Waals surface area contributed by atoms with E-state index in [0.29, 0.717) is 17.2 Å². The molecule has 2 aromatic rings. The van der Waals surface area contributed by atoms with Crippen molar-refractivity contribution in [3.63, 3.8) is 0 Å². The Labute approximate surface area is 110 Å². The molecular formula is C14H14N2OS. The van der Waals surface area contributed by atoms with Gasteiger partial charge in [-0.05, 0) is 31.5 Å². The van der Waals surface area contributed by atoms with Crippen LogP contribution in [0.2, 0.25) is 0 Å². The molecule has 18 heavy (non-hydrogen) atoms. The molecule has 0 saturated carbocycles. The molecule has 0 atom stereocenters. The molecule has 1 aromatic heterocycles. The van der Waals surface area contributed by atoms with Gasteiger partial charge in [-0.25, -0.2) is 0 Å². The summed E-state index contributed by atoms with van der Waals surface area (Å²) in [6.07, 6.45) is 0. The molecule has 0 saturated heterocycles. The van der Waals surface area contributed by atoms with Gasteiger partial charge in [-0.1, -0.05) is 12.1 Å². The molecule has 4 heteroatoms. The van der Waals surface area contributed by atoms with E-state index in [2.05, 4.69) is 6.07 Å². The minimum atomic E-state index is 0.573. The number of anilines is 1. The van der Waals surface area contributed by atoms with Gasteiger partial charge in [-0.15, -0.1) is 11.3 Å². The molecule has 2 rings (SSSR count). The van der Waals surface area contributed by atoms with E-state index in [4.69, 9.17) is 15.7 Å². The average molecular weight is 258 g/mol. The van der Waals surface area contributed by atoms with Crippen molar-refractivity contribution in [2.75, 3.05) is 12.3 Å². The maximum atomic E-state index is 8.98. The van der Waals surface area contributed by atoms with Crippen molar-refractivity contribution in [1.29, 1.82) is 5.26 Å². The van der Waals surface area contributed by atoms with Gasteiger partial charge < -0.3 is 10.5 Å². The SMILES string of the molecule is CCOc1ccc(-c2c(C)sc(C#N)c2N)cc1. The Kier molecular flexibility index (Phi) is 3.54. The second-order valence-corrected chi connectivity index (χ2v) is 5.07. The molecule has 0 fully saturated rings. The molecule has 1 aromatic carbocycles. The fourth-order valence-corrected chi connectivity index (χ4v) is 2.78. The van der Waals surface area contributed by atoms with Gasteiger partial charge in [-0.2, -0.15) is 5.26 Å². The van der Waals surface area contributed by atoms with Crippen LogP contribution in [-0.2, 0) is 0 Å². The van der Waals surface area contributed by atoms with Crippen LogP contribution in [0.1, 0.15) is 16.7 Å². The Morgan fingerprint density at radius 3 is 2.50 bits per heavy atom. The Bertz CT molecular complexity index is 593. The van der Waals surface area contributed by atoms with Crippen molar-refractivity contribution < 1.29 is 4.74 Å². The fraction of sp³-hybridized carbons (Fsp3) is 0.214. The van der Waals surface area contributed by atoms with Crippen molar-refractivity contribution in [2.45, 2.75) is 13.8 Å². The number of thiophene rings is 1. The van der Waals surface area contributed by atoms with Gasteiger partial charge in [0, 0.05) is 10.4 Å². The number of hydrogen-bond acceptors (Lipinski definition) is 4. The molecule has 0 unspecified atom stereocenters. The summed E-state index contributed by atoms with van der Waals surface area (Å²) in [5, 5.41) is 8.98. The molecule has 0 bridgehead atoms. The van der Waals surface area contributed by atoms with E-state index >= 15 is 0 Å². The quantitative estimate of drug-likeness (QED) is 0.915. The highest BCUT2D eigenvalue weighted by molar-refractivity contribution is 7.13. The number of benzene rings is 1. The van der Waals surface area contributed by atoms with Gasteiger partial charge in [0.05, 0.1) is 12.3 Å². The monoisotopic (exact) mass is 258 g/mol. The zero-order valence-corrected chi connectivity index (χ0v) is 11.2. The minimum Gasteiger partial charge on any atom is -0.494 e. The van der Waals surface area contributed by atoms with Crippen molar-refractivity contribution >= 4 is 17.0 Å². The molecule has 0 aliphatic rings. The lowest BCUT2D eigenvalue weighted by Crippen LogP contribution is -1.92. The lowest BCUT2D eigenvalue weighted by molar-refractivity contribution is 0.340. The second kappa shape index (κ2) is 5.11. The Morgan fingerprint density at radius 2 is 2.00 bits per heavy atom. The number of nitrogens with zero attached hydrogens (tertiary/aromatic N) is 1. The van der Waals surface area contributed by atoms with E-state index in [1.165, 1.54) is 11.3 Å². The Morgan fingerprint density at radius 1 is 1.33 bits per heavy atom. The molecule has 92 valence electrons. The van der Waals surface area contributed by atoms with Crippen LogP contribution in [0, 0.1) is 18.3 Å². The third-order valence-corrected chi connectivity index (χ3v) is 3.70. The van der Waals surface area contributed by atoms with Crippen LogP contribution in [0.15, 0.2) is 24.3 Å². The Hall–Kier alpha value is -1.99. The van der Waals surface area contributed by atoms with Gasteiger partial charge >= 0.3 is 0 Å². The zero-order chi connectivity index (χ0) is 13.1.